The first-order valence-electron chi connectivity index (χ1n) is 8.89. The van der Waals surface area contributed by atoms with Crippen LogP contribution in [-0.4, -0.2) is 31.1 Å². The molecule has 5 rings (SSSR count). The Kier molecular flexibility index (Phi) is 3.96. The van der Waals surface area contributed by atoms with E-state index in [9.17, 15) is 9.18 Å². The van der Waals surface area contributed by atoms with Crippen LogP contribution in [-0.2, 0) is 14.3 Å². The summed E-state index contributed by atoms with van der Waals surface area (Å²) in [5.74, 6) is 1.07. The zero-order valence-electron chi connectivity index (χ0n) is 14.4. The van der Waals surface area contributed by atoms with Gasteiger partial charge in [-0.3, -0.25) is 4.79 Å². The van der Waals surface area contributed by atoms with Crippen molar-refractivity contribution >= 4 is 11.8 Å². The minimum Gasteiger partial charge on any atom is -0.479 e. The van der Waals surface area contributed by atoms with E-state index >= 15 is 0 Å². The Hall–Kier alpha value is -2.05. The Balaban J connectivity index is 1.37. The fourth-order valence-electron chi connectivity index (χ4n) is 5.45. The average molecular weight is 349 g/mol. The van der Waals surface area contributed by atoms with E-state index in [1.165, 1.54) is 26.4 Å². The second-order valence-electron chi connectivity index (χ2n) is 7.87. The van der Waals surface area contributed by atoms with Gasteiger partial charge in [0, 0.05) is 5.54 Å². The van der Waals surface area contributed by atoms with Gasteiger partial charge in [-0.1, -0.05) is 6.58 Å². The van der Waals surface area contributed by atoms with E-state index in [0.29, 0.717) is 0 Å². The molecule has 25 heavy (non-hydrogen) atoms. The highest BCUT2D eigenvalue weighted by Crippen LogP contribution is 2.55. The third-order valence-corrected chi connectivity index (χ3v) is 5.87. The first-order chi connectivity index (χ1) is 12.0. The molecule has 4 bridgehead atoms. The molecule has 0 radical (unpaired) electrons. The molecule has 2 N–H and O–H groups in total. The summed E-state index contributed by atoms with van der Waals surface area (Å²) in [6.45, 7) is 3.36. The Morgan fingerprint density at radius 1 is 1.32 bits per heavy atom. The van der Waals surface area contributed by atoms with Crippen LogP contribution in [0.2, 0.25) is 0 Å². The highest BCUT2D eigenvalue weighted by atomic mass is 19.1. The molecule has 1 aliphatic heterocycles. The summed E-state index contributed by atoms with van der Waals surface area (Å²) in [4.78, 5) is 16.2. The molecule has 0 saturated heterocycles. The summed E-state index contributed by atoms with van der Waals surface area (Å²) >= 11 is 0. The fraction of sp³-hybridized carbons (Fsp3) is 0.667. The predicted molar refractivity (Wildman–Crippen MR) is 89.9 cm³/mol. The number of aliphatic imine (C=N–C) groups is 1. The topological polar surface area (TPSA) is 72.0 Å². The molecule has 4 saturated carbocycles. The monoisotopic (exact) mass is 349 g/mol. The molecular formula is C18H24FN3O3. The molecule has 0 aromatic rings. The van der Waals surface area contributed by atoms with E-state index in [1.807, 2.05) is 0 Å². The van der Waals surface area contributed by atoms with E-state index < -0.39 is 5.83 Å². The summed E-state index contributed by atoms with van der Waals surface area (Å²) < 4.78 is 24.3. The standard InChI is InChI=1S/C18H24FN3O3/c1-10-20-16(24-2)15(19)17(21-10)25-9-14(23)22-18-6-11-3-12(7-18)5-13(4-11)8-18/h11-13,21H,1,3-9H2,2H3,(H,22,23). The lowest BCUT2D eigenvalue weighted by Crippen LogP contribution is -2.60. The van der Waals surface area contributed by atoms with Crippen LogP contribution in [0.4, 0.5) is 4.39 Å². The molecule has 4 fully saturated rings. The predicted octanol–water partition coefficient (Wildman–Crippen LogP) is 2.35. The van der Waals surface area contributed by atoms with Gasteiger partial charge in [-0.25, -0.2) is 0 Å². The van der Waals surface area contributed by atoms with E-state index in [0.717, 1.165) is 37.0 Å². The van der Waals surface area contributed by atoms with Crippen molar-refractivity contribution in [1.29, 1.82) is 0 Å². The molecular weight excluding hydrogens is 325 g/mol. The van der Waals surface area contributed by atoms with Crippen LogP contribution in [0.3, 0.4) is 0 Å². The van der Waals surface area contributed by atoms with Crippen LogP contribution in [0.1, 0.15) is 38.5 Å². The van der Waals surface area contributed by atoms with Crippen molar-refractivity contribution in [2.75, 3.05) is 13.7 Å². The molecule has 5 aliphatic rings. The maximum atomic E-state index is 14.1. The van der Waals surface area contributed by atoms with Crippen molar-refractivity contribution in [3.63, 3.8) is 0 Å². The zero-order chi connectivity index (χ0) is 17.6. The lowest BCUT2D eigenvalue weighted by atomic mass is 9.53. The second-order valence-corrected chi connectivity index (χ2v) is 7.87. The molecule has 0 unspecified atom stereocenters. The van der Waals surface area contributed by atoms with E-state index in [4.69, 9.17) is 9.47 Å². The third kappa shape index (κ3) is 3.12. The van der Waals surface area contributed by atoms with Gasteiger partial charge in [0.05, 0.1) is 7.11 Å². The third-order valence-electron chi connectivity index (χ3n) is 5.87. The summed E-state index contributed by atoms with van der Waals surface area (Å²) in [5.41, 5.74) is -0.0785. The van der Waals surface area contributed by atoms with Crippen LogP contribution < -0.4 is 10.6 Å². The van der Waals surface area contributed by atoms with Crippen LogP contribution in [0.15, 0.2) is 29.1 Å². The smallest absolute Gasteiger partial charge is 0.258 e. The van der Waals surface area contributed by atoms with E-state index in [1.54, 1.807) is 0 Å². The summed E-state index contributed by atoms with van der Waals surface area (Å²) in [7, 11) is 1.31. The second kappa shape index (κ2) is 6.04. The van der Waals surface area contributed by atoms with Crippen LogP contribution >= 0.6 is 0 Å². The van der Waals surface area contributed by atoms with Crippen molar-refractivity contribution in [1.82, 2.24) is 10.6 Å². The molecule has 1 amide bonds. The molecule has 6 nitrogen and oxygen atoms in total. The molecule has 1 heterocycles. The van der Waals surface area contributed by atoms with Crippen molar-refractivity contribution in [2.24, 2.45) is 22.7 Å². The van der Waals surface area contributed by atoms with Gasteiger partial charge in [0.25, 0.3) is 11.8 Å². The first-order valence-corrected chi connectivity index (χ1v) is 8.89. The molecule has 0 aromatic heterocycles. The number of hydrogen-bond acceptors (Lipinski definition) is 5. The van der Waals surface area contributed by atoms with E-state index in [-0.39, 0.29) is 35.7 Å². The maximum absolute atomic E-state index is 14.1. The van der Waals surface area contributed by atoms with Gasteiger partial charge in [0.1, 0.15) is 5.82 Å². The number of hydrogen-bond donors (Lipinski definition) is 2. The van der Waals surface area contributed by atoms with Crippen molar-refractivity contribution in [2.45, 2.75) is 44.1 Å². The van der Waals surface area contributed by atoms with Crippen molar-refractivity contribution in [3.05, 3.63) is 24.1 Å². The molecule has 4 aliphatic carbocycles. The van der Waals surface area contributed by atoms with Crippen LogP contribution in [0.5, 0.6) is 0 Å². The van der Waals surface area contributed by atoms with Crippen molar-refractivity contribution < 1.29 is 18.7 Å². The Morgan fingerprint density at radius 2 is 1.92 bits per heavy atom. The number of carbonyl (C=O) groups is 1. The van der Waals surface area contributed by atoms with Gasteiger partial charge in [-0.05, 0) is 56.3 Å². The fourth-order valence-corrected chi connectivity index (χ4v) is 5.45. The van der Waals surface area contributed by atoms with Gasteiger partial charge in [0.2, 0.25) is 11.7 Å². The summed E-state index contributed by atoms with van der Waals surface area (Å²) in [6.07, 6.45) is 7.14. The van der Waals surface area contributed by atoms with Crippen molar-refractivity contribution in [3.8, 4) is 0 Å². The molecule has 0 aromatic carbocycles. The number of carbonyl (C=O) groups excluding carboxylic acids is 1. The van der Waals surface area contributed by atoms with Gasteiger partial charge in [-0.2, -0.15) is 9.38 Å². The van der Waals surface area contributed by atoms with Crippen LogP contribution in [0, 0.1) is 17.8 Å². The van der Waals surface area contributed by atoms with Gasteiger partial charge in [-0.15, -0.1) is 0 Å². The number of ether oxygens (including phenoxy) is 2. The van der Waals surface area contributed by atoms with Crippen LogP contribution in [0.25, 0.3) is 0 Å². The quantitative estimate of drug-likeness (QED) is 0.817. The number of rotatable bonds is 4. The summed E-state index contributed by atoms with van der Waals surface area (Å²) in [5, 5.41) is 5.78. The normalized spacial score (nSPS) is 36.0. The average Bonchev–Trinajstić information content (AvgIpc) is 2.53. The SMILES string of the molecule is C=C1N=C(OC)C(F)=C(OCC(=O)NC23CC4CC(CC(C4)C2)C3)N1. The molecule has 7 heteroatoms. The minimum absolute atomic E-state index is 0.0785. The summed E-state index contributed by atoms with van der Waals surface area (Å²) in [6, 6.07) is 0. The molecule has 0 spiro atoms. The number of nitrogens with zero attached hydrogens (tertiary/aromatic N) is 1. The van der Waals surface area contributed by atoms with Gasteiger partial charge in [0.15, 0.2) is 6.61 Å². The number of halogens is 1. The highest BCUT2D eigenvalue weighted by molar-refractivity contribution is 5.93. The maximum Gasteiger partial charge on any atom is 0.258 e. The number of nitrogens with one attached hydrogen (secondary N) is 2. The number of amides is 1. The first kappa shape index (κ1) is 16.4. The largest absolute Gasteiger partial charge is 0.479 e. The molecule has 0 atom stereocenters. The Labute approximate surface area is 146 Å². The lowest BCUT2D eigenvalue weighted by molar-refractivity contribution is -0.130. The Morgan fingerprint density at radius 3 is 2.48 bits per heavy atom. The minimum atomic E-state index is -0.766. The Bertz CT molecular complexity index is 635. The number of methoxy groups -OCH3 is 1. The van der Waals surface area contributed by atoms with Gasteiger partial charge >= 0.3 is 0 Å². The van der Waals surface area contributed by atoms with Gasteiger partial charge < -0.3 is 20.1 Å². The lowest BCUT2D eigenvalue weighted by Gasteiger charge is -2.56. The molecule has 136 valence electrons. The zero-order valence-corrected chi connectivity index (χ0v) is 14.4. The van der Waals surface area contributed by atoms with E-state index in [2.05, 4.69) is 22.2 Å². The highest BCUT2D eigenvalue weighted by Gasteiger charge is 2.51.